The van der Waals surface area contributed by atoms with Crippen LogP contribution in [0.25, 0.3) is 22.1 Å². The summed E-state index contributed by atoms with van der Waals surface area (Å²) in [6, 6.07) is 11.8. The number of benzene rings is 1. The van der Waals surface area contributed by atoms with Crippen LogP contribution in [0.3, 0.4) is 0 Å². The summed E-state index contributed by atoms with van der Waals surface area (Å²) in [5, 5.41) is 13.8. The molecule has 0 aliphatic heterocycles. The van der Waals surface area contributed by atoms with E-state index in [4.69, 9.17) is 0 Å². The molecule has 0 aliphatic rings. The summed E-state index contributed by atoms with van der Waals surface area (Å²) in [7, 11) is 0. The summed E-state index contributed by atoms with van der Waals surface area (Å²) < 4.78 is 0. The van der Waals surface area contributed by atoms with E-state index in [0.29, 0.717) is 11.6 Å². The highest BCUT2D eigenvalue weighted by Crippen LogP contribution is 2.24. The maximum absolute atomic E-state index is 4.49. The van der Waals surface area contributed by atoms with Crippen LogP contribution < -0.4 is 5.43 Å². The molecule has 0 fully saturated rings. The number of hydrogen-bond donors (Lipinski definition) is 2. The Balaban J connectivity index is 1.69. The van der Waals surface area contributed by atoms with Crippen LogP contribution in [-0.2, 0) is 0 Å². The number of pyridine rings is 1. The van der Waals surface area contributed by atoms with Gasteiger partial charge in [0.15, 0.2) is 5.65 Å². The Hall–Kier alpha value is -3.35. The summed E-state index contributed by atoms with van der Waals surface area (Å²) in [5.41, 5.74) is 8.17. The van der Waals surface area contributed by atoms with Crippen molar-refractivity contribution < 1.29 is 0 Å². The second-order valence-corrected chi connectivity index (χ2v) is 5.69. The van der Waals surface area contributed by atoms with E-state index in [1.54, 1.807) is 6.20 Å². The van der Waals surface area contributed by atoms with Gasteiger partial charge in [-0.1, -0.05) is 31.2 Å². The minimum absolute atomic E-state index is 0.346. The molecule has 0 atom stereocenters. The van der Waals surface area contributed by atoms with Crippen LogP contribution in [0.5, 0.6) is 0 Å². The van der Waals surface area contributed by atoms with Gasteiger partial charge in [0.05, 0.1) is 16.9 Å². The Bertz CT molecular complexity index is 1070. The third-order valence-corrected chi connectivity index (χ3v) is 4.04. The number of aromatic nitrogens is 5. The molecular formula is C18H17N7. The highest BCUT2D eigenvalue weighted by Gasteiger charge is 2.10. The van der Waals surface area contributed by atoms with Crippen molar-refractivity contribution in [2.24, 2.45) is 5.10 Å². The molecule has 0 aliphatic carbocycles. The molecule has 0 saturated heterocycles. The van der Waals surface area contributed by atoms with Crippen molar-refractivity contribution in [1.29, 1.82) is 0 Å². The lowest BCUT2D eigenvalue weighted by molar-refractivity contribution is 1.00. The molecule has 0 bridgehead atoms. The topological polar surface area (TPSA) is 91.7 Å². The van der Waals surface area contributed by atoms with Gasteiger partial charge in [-0.15, -0.1) is 10.2 Å². The molecule has 3 heterocycles. The predicted molar refractivity (Wildman–Crippen MR) is 98.6 cm³/mol. The largest absolute Gasteiger partial charge is 0.337 e. The maximum Gasteiger partial charge on any atom is 0.265 e. The van der Waals surface area contributed by atoms with Crippen molar-refractivity contribution in [3.05, 3.63) is 53.9 Å². The number of para-hydroxylation sites is 1. The van der Waals surface area contributed by atoms with Gasteiger partial charge in [-0.2, -0.15) is 10.1 Å². The van der Waals surface area contributed by atoms with Crippen LogP contribution in [0.15, 0.2) is 47.7 Å². The van der Waals surface area contributed by atoms with Crippen molar-refractivity contribution in [2.45, 2.75) is 20.3 Å². The Kier molecular flexibility index (Phi) is 3.81. The van der Waals surface area contributed by atoms with Gasteiger partial charge in [-0.3, -0.25) is 4.98 Å². The molecule has 0 unspecified atom stereocenters. The first-order chi connectivity index (χ1) is 12.3. The van der Waals surface area contributed by atoms with Gasteiger partial charge >= 0.3 is 0 Å². The summed E-state index contributed by atoms with van der Waals surface area (Å²) in [5.74, 6) is 0.346. The van der Waals surface area contributed by atoms with Crippen LogP contribution in [0.1, 0.15) is 24.6 Å². The normalized spacial score (nSPS) is 12.0. The van der Waals surface area contributed by atoms with Crippen LogP contribution in [0.2, 0.25) is 0 Å². The van der Waals surface area contributed by atoms with E-state index < -0.39 is 0 Å². The molecule has 124 valence electrons. The fraction of sp³-hybridized carbons (Fsp3) is 0.167. The number of anilines is 1. The van der Waals surface area contributed by atoms with E-state index >= 15 is 0 Å². The third-order valence-electron chi connectivity index (χ3n) is 4.04. The zero-order valence-electron chi connectivity index (χ0n) is 14.0. The van der Waals surface area contributed by atoms with E-state index in [9.17, 15) is 0 Å². The SMILES string of the molecule is CCC(=NNc1nnc2c(n1)[nH]c1c(C)cccc12)c1ccccn1. The van der Waals surface area contributed by atoms with Gasteiger partial charge in [-0.05, 0) is 31.0 Å². The number of hydrogen-bond acceptors (Lipinski definition) is 6. The van der Waals surface area contributed by atoms with Crippen molar-refractivity contribution in [1.82, 2.24) is 25.1 Å². The zero-order valence-corrected chi connectivity index (χ0v) is 14.0. The van der Waals surface area contributed by atoms with E-state index in [1.807, 2.05) is 37.3 Å². The van der Waals surface area contributed by atoms with Crippen LogP contribution in [-0.4, -0.2) is 30.9 Å². The minimum Gasteiger partial charge on any atom is -0.337 e. The average molecular weight is 331 g/mol. The van der Waals surface area contributed by atoms with Crippen molar-refractivity contribution in [3.63, 3.8) is 0 Å². The van der Waals surface area contributed by atoms with Crippen LogP contribution >= 0.6 is 0 Å². The number of aryl methyl sites for hydroxylation is 1. The summed E-state index contributed by atoms with van der Waals surface area (Å²) in [6.07, 6.45) is 2.49. The van der Waals surface area contributed by atoms with Crippen molar-refractivity contribution in [2.75, 3.05) is 5.43 Å². The number of nitrogens with one attached hydrogen (secondary N) is 2. The number of nitrogens with zero attached hydrogens (tertiary/aromatic N) is 5. The molecule has 0 radical (unpaired) electrons. The van der Waals surface area contributed by atoms with Crippen molar-refractivity contribution >= 4 is 33.7 Å². The Morgan fingerprint density at radius 3 is 2.88 bits per heavy atom. The van der Waals surface area contributed by atoms with E-state index in [0.717, 1.165) is 39.8 Å². The number of aromatic amines is 1. The number of rotatable bonds is 4. The average Bonchev–Trinajstić information content (AvgIpc) is 3.02. The molecule has 0 amide bonds. The predicted octanol–water partition coefficient (Wildman–Crippen LogP) is 3.44. The summed E-state index contributed by atoms with van der Waals surface area (Å²) >= 11 is 0. The number of fused-ring (bicyclic) bond motifs is 3. The van der Waals surface area contributed by atoms with Gasteiger partial charge < -0.3 is 4.98 Å². The Morgan fingerprint density at radius 2 is 2.08 bits per heavy atom. The first kappa shape index (κ1) is 15.2. The van der Waals surface area contributed by atoms with Gasteiger partial charge in [-0.25, -0.2) is 5.43 Å². The van der Waals surface area contributed by atoms with Crippen molar-refractivity contribution in [3.8, 4) is 0 Å². The lowest BCUT2D eigenvalue weighted by Crippen LogP contribution is -2.07. The van der Waals surface area contributed by atoms with Gasteiger partial charge in [0, 0.05) is 11.6 Å². The van der Waals surface area contributed by atoms with E-state index in [2.05, 4.69) is 48.7 Å². The molecular weight excluding hydrogens is 314 g/mol. The molecule has 25 heavy (non-hydrogen) atoms. The molecule has 4 aromatic rings. The fourth-order valence-corrected chi connectivity index (χ4v) is 2.76. The molecule has 2 N–H and O–H groups in total. The highest BCUT2D eigenvalue weighted by molar-refractivity contribution is 6.04. The monoisotopic (exact) mass is 331 g/mol. The maximum atomic E-state index is 4.49. The molecule has 4 rings (SSSR count). The lowest BCUT2D eigenvalue weighted by Gasteiger charge is -2.03. The Morgan fingerprint density at radius 1 is 1.16 bits per heavy atom. The second-order valence-electron chi connectivity index (χ2n) is 5.69. The van der Waals surface area contributed by atoms with Crippen LogP contribution in [0, 0.1) is 6.92 Å². The molecule has 0 spiro atoms. The second kappa shape index (κ2) is 6.27. The summed E-state index contributed by atoms with van der Waals surface area (Å²) in [6.45, 7) is 4.08. The molecule has 7 nitrogen and oxygen atoms in total. The Labute approximate surface area is 144 Å². The quantitative estimate of drug-likeness (QED) is 0.441. The number of H-pyrrole nitrogens is 1. The van der Waals surface area contributed by atoms with Crippen LogP contribution in [0.4, 0.5) is 5.95 Å². The zero-order chi connectivity index (χ0) is 17.2. The van der Waals surface area contributed by atoms with Gasteiger partial charge in [0.25, 0.3) is 5.95 Å². The number of hydrazone groups is 1. The molecule has 1 aromatic carbocycles. The fourth-order valence-electron chi connectivity index (χ4n) is 2.76. The standard InChI is InChI=1S/C18H17N7/c1-3-13(14-9-4-5-10-19-14)22-24-18-21-17-16(23-25-18)12-8-6-7-11(2)15(12)20-17/h4-10H,3H2,1-2H3,(H2,20,21,24,25). The molecule has 3 aromatic heterocycles. The highest BCUT2D eigenvalue weighted by atomic mass is 15.4. The smallest absolute Gasteiger partial charge is 0.265 e. The first-order valence-corrected chi connectivity index (χ1v) is 8.12. The van der Waals surface area contributed by atoms with Gasteiger partial charge in [0.1, 0.15) is 5.52 Å². The molecule has 7 heteroatoms. The first-order valence-electron chi connectivity index (χ1n) is 8.12. The summed E-state index contributed by atoms with van der Waals surface area (Å²) in [4.78, 5) is 12.1. The van der Waals surface area contributed by atoms with E-state index in [-0.39, 0.29) is 0 Å². The molecule has 0 saturated carbocycles. The van der Waals surface area contributed by atoms with E-state index in [1.165, 1.54) is 0 Å². The minimum atomic E-state index is 0.346. The lowest BCUT2D eigenvalue weighted by atomic mass is 10.1. The van der Waals surface area contributed by atoms with Gasteiger partial charge in [0.2, 0.25) is 0 Å². The third kappa shape index (κ3) is 2.80.